The van der Waals surface area contributed by atoms with Gasteiger partial charge in [-0.05, 0) is 18.1 Å². The number of hydrogen-bond acceptors (Lipinski definition) is 3. The van der Waals surface area contributed by atoms with E-state index in [4.69, 9.17) is 4.74 Å². The number of ether oxygens (including phenoxy) is 1. The average Bonchev–Trinajstić information content (AvgIpc) is 2.28. The van der Waals surface area contributed by atoms with Crippen LogP contribution in [-0.2, 0) is 11.2 Å². The Bertz CT molecular complexity index is 540. The van der Waals surface area contributed by atoms with Crippen molar-refractivity contribution in [1.82, 2.24) is 4.98 Å². The molecule has 2 rings (SSSR count). The van der Waals surface area contributed by atoms with Crippen LogP contribution in [0.4, 0.5) is 0 Å². The SMILES string of the molecule is CCc1ccc2cncc(OC(C)=O)c2c1.[Li]. The largest absolute Gasteiger partial charge is 0.424 e. The van der Waals surface area contributed by atoms with E-state index in [1.165, 1.54) is 12.5 Å². The van der Waals surface area contributed by atoms with Gasteiger partial charge in [-0.25, -0.2) is 0 Å². The second-order valence-electron chi connectivity index (χ2n) is 3.64. The summed E-state index contributed by atoms with van der Waals surface area (Å²) in [6.45, 7) is 3.48. The molecule has 0 spiro atoms. The summed E-state index contributed by atoms with van der Waals surface area (Å²) in [6.07, 6.45) is 4.29. The number of esters is 1. The summed E-state index contributed by atoms with van der Waals surface area (Å²) in [5, 5.41) is 1.92. The predicted molar refractivity (Wildman–Crippen MR) is 68.2 cm³/mol. The Labute approximate surface area is 112 Å². The zero-order chi connectivity index (χ0) is 11.5. The molecule has 83 valence electrons. The molecule has 0 saturated carbocycles. The van der Waals surface area contributed by atoms with Gasteiger partial charge in [0.25, 0.3) is 0 Å². The van der Waals surface area contributed by atoms with Gasteiger partial charge in [-0.2, -0.15) is 0 Å². The van der Waals surface area contributed by atoms with E-state index >= 15 is 0 Å². The number of benzene rings is 1. The molecule has 0 saturated heterocycles. The van der Waals surface area contributed by atoms with Crippen LogP contribution in [0.2, 0.25) is 0 Å². The molecule has 3 nitrogen and oxygen atoms in total. The maximum absolute atomic E-state index is 11.0. The molecule has 0 N–H and O–H groups in total. The van der Waals surface area contributed by atoms with Gasteiger partial charge in [0.2, 0.25) is 0 Å². The van der Waals surface area contributed by atoms with E-state index in [-0.39, 0.29) is 24.8 Å². The summed E-state index contributed by atoms with van der Waals surface area (Å²) < 4.78 is 5.13. The molecule has 0 fully saturated rings. The normalized spacial score (nSPS) is 9.76. The van der Waals surface area contributed by atoms with Crippen LogP contribution in [0.3, 0.4) is 0 Å². The molecule has 0 unspecified atom stereocenters. The molecule has 0 bridgehead atoms. The van der Waals surface area contributed by atoms with Crippen LogP contribution in [0.5, 0.6) is 5.75 Å². The van der Waals surface area contributed by atoms with E-state index in [1.807, 2.05) is 12.1 Å². The molecular formula is C13H13LiNO2. The number of fused-ring (bicyclic) bond motifs is 1. The summed E-state index contributed by atoms with van der Waals surface area (Å²) in [5.41, 5.74) is 1.21. The van der Waals surface area contributed by atoms with Gasteiger partial charge in [-0.1, -0.05) is 19.1 Å². The maximum atomic E-state index is 11.0. The summed E-state index contributed by atoms with van der Waals surface area (Å²) in [5.74, 6) is 0.205. The van der Waals surface area contributed by atoms with Crippen LogP contribution < -0.4 is 4.74 Å². The first-order valence-electron chi connectivity index (χ1n) is 5.25. The van der Waals surface area contributed by atoms with Gasteiger partial charge in [0.05, 0.1) is 6.20 Å². The Morgan fingerprint density at radius 1 is 1.35 bits per heavy atom. The van der Waals surface area contributed by atoms with E-state index in [1.54, 1.807) is 12.4 Å². The van der Waals surface area contributed by atoms with Crippen LogP contribution >= 0.6 is 0 Å². The first kappa shape index (κ1) is 13.8. The molecule has 1 aromatic carbocycles. The fourth-order valence-corrected chi connectivity index (χ4v) is 1.64. The van der Waals surface area contributed by atoms with Crippen molar-refractivity contribution in [2.24, 2.45) is 0 Å². The number of carbonyl (C=O) groups is 1. The fraction of sp³-hybridized carbons (Fsp3) is 0.231. The second kappa shape index (κ2) is 5.86. The van der Waals surface area contributed by atoms with E-state index in [0.717, 1.165) is 17.2 Å². The van der Waals surface area contributed by atoms with Crippen molar-refractivity contribution >= 4 is 35.6 Å². The Morgan fingerprint density at radius 2 is 2.12 bits per heavy atom. The topological polar surface area (TPSA) is 39.2 Å². The first-order valence-corrected chi connectivity index (χ1v) is 5.25. The third-order valence-corrected chi connectivity index (χ3v) is 2.45. The van der Waals surface area contributed by atoms with Crippen LogP contribution in [0.15, 0.2) is 30.6 Å². The van der Waals surface area contributed by atoms with Gasteiger partial charge >= 0.3 is 5.97 Å². The van der Waals surface area contributed by atoms with Gasteiger partial charge < -0.3 is 4.74 Å². The molecule has 0 aliphatic heterocycles. The molecule has 4 heteroatoms. The van der Waals surface area contributed by atoms with Crippen molar-refractivity contribution in [2.75, 3.05) is 0 Å². The van der Waals surface area contributed by atoms with Gasteiger partial charge in [0.1, 0.15) is 0 Å². The molecule has 0 amide bonds. The van der Waals surface area contributed by atoms with Crippen molar-refractivity contribution in [3.63, 3.8) is 0 Å². The molecule has 1 aromatic heterocycles. The maximum Gasteiger partial charge on any atom is 0.308 e. The zero-order valence-corrected chi connectivity index (χ0v) is 10.4. The third-order valence-electron chi connectivity index (χ3n) is 2.45. The van der Waals surface area contributed by atoms with Crippen LogP contribution in [-0.4, -0.2) is 29.8 Å². The Morgan fingerprint density at radius 3 is 2.76 bits per heavy atom. The monoisotopic (exact) mass is 222 g/mol. The number of hydrogen-bond donors (Lipinski definition) is 0. The number of rotatable bonds is 2. The van der Waals surface area contributed by atoms with Crippen molar-refractivity contribution in [3.8, 4) is 5.75 Å². The van der Waals surface area contributed by atoms with Crippen LogP contribution in [0, 0.1) is 0 Å². The summed E-state index contributed by atoms with van der Waals surface area (Å²) in [4.78, 5) is 15.0. The second-order valence-corrected chi connectivity index (χ2v) is 3.64. The standard InChI is InChI=1S/C13H13NO2.Li/c1-3-10-4-5-11-7-14-8-13(12(11)6-10)16-9(2)15;/h4-8H,3H2,1-2H3;. The molecule has 0 aliphatic carbocycles. The number of aromatic nitrogens is 1. The molecular weight excluding hydrogens is 209 g/mol. The molecule has 1 radical (unpaired) electrons. The zero-order valence-electron chi connectivity index (χ0n) is 10.4. The van der Waals surface area contributed by atoms with Crippen LogP contribution in [0.25, 0.3) is 10.8 Å². The first-order chi connectivity index (χ1) is 7.70. The number of aryl methyl sites for hydroxylation is 1. The Kier molecular flexibility index (Phi) is 4.74. The molecule has 0 aliphatic rings. The van der Waals surface area contributed by atoms with E-state index in [0.29, 0.717) is 5.75 Å². The average molecular weight is 222 g/mol. The minimum absolute atomic E-state index is 0. The number of pyridine rings is 1. The Balaban J connectivity index is 0.00000144. The molecule has 0 atom stereocenters. The molecule has 2 aromatic rings. The van der Waals surface area contributed by atoms with E-state index in [9.17, 15) is 4.79 Å². The van der Waals surface area contributed by atoms with Gasteiger partial charge in [0, 0.05) is 42.8 Å². The van der Waals surface area contributed by atoms with Gasteiger partial charge in [0.15, 0.2) is 5.75 Å². The summed E-state index contributed by atoms with van der Waals surface area (Å²) in [6, 6.07) is 6.09. The minimum atomic E-state index is -0.323. The van der Waals surface area contributed by atoms with Crippen molar-refractivity contribution in [3.05, 3.63) is 36.2 Å². The fourth-order valence-electron chi connectivity index (χ4n) is 1.64. The number of carbonyl (C=O) groups excluding carboxylic acids is 1. The van der Waals surface area contributed by atoms with E-state index in [2.05, 4.69) is 18.0 Å². The Hall–Kier alpha value is -1.30. The van der Waals surface area contributed by atoms with Gasteiger partial charge in [-0.15, -0.1) is 0 Å². The van der Waals surface area contributed by atoms with Crippen molar-refractivity contribution in [1.29, 1.82) is 0 Å². The van der Waals surface area contributed by atoms with Crippen molar-refractivity contribution < 1.29 is 9.53 Å². The molecule has 1 heterocycles. The quantitative estimate of drug-likeness (QED) is 0.578. The van der Waals surface area contributed by atoms with Crippen molar-refractivity contribution in [2.45, 2.75) is 20.3 Å². The van der Waals surface area contributed by atoms with E-state index < -0.39 is 0 Å². The predicted octanol–water partition coefficient (Wildman–Crippen LogP) is 2.34. The number of nitrogens with zero attached hydrogens (tertiary/aromatic N) is 1. The minimum Gasteiger partial charge on any atom is -0.424 e. The summed E-state index contributed by atoms with van der Waals surface area (Å²) >= 11 is 0. The van der Waals surface area contributed by atoms with Crippen LogP contribution in [0.1, 0.15) is 19.4 Å². The summed E-state index contributed by atoms with van der Waals surface area (Å²) in [7, 11) is 0. The third kappa shape index (κ3) is 3.09. The molecule has 17 heavy (non-hydrogen) atoms. The smallest absolute Gasteiger partial charge is 0.308 e. The van der Waals surface area contributed by atoms with Gasteiger partial charge in [-0.3, -0.25) is 9.78 Å².